The molecule has 0 saturated heterocycles. The summed E-state index contributed by atoms with van der Waals surface area (Å²) < 4.78 is 16.9. The lowest BCUT2D eigenvalue weighted by molar-refractivity contribution is 0.303. The minimum atomic E-state index is -0.615. The molecule has 0 atom stereocenters. The highest BCUT2D eigenvalue weighted by atomic mass is 79.9. The van der Waals surface area contributed by atoms with Crippen molar-refractivity contribution >= 4 is 15.9 Å². The topological polar surface area (TPSA) is 126 Å². The molecule has 0 unspecified atom stereocenters. The lowest BCUT2D eigenvalue weighted by Gasteiger charge is -2.00. The Balaban J connectivity index is 0.00000192. The first-order chi connectivity index (χ1) is 10.7. The van der Waals surface area contributed by atoms with Gasteiger partial charge in [-0.15, -0.1) is 0 Å². The van der Waals surface area contributed by atoms with Crippen molar-refractivity contribution in [3.8, 4) is 11.5 Å². The monoisotopic (exact) mass is 371 g/mol. The van der Waals surface area contributed by atoms with Gasteiger partial charge < -0.3 is 10.2 Å². The summed E-state index contributed by atoms with van der Waals surface area (Å²) in [6, 6.07) is 1.75. The SMILES string of the molecule is NCCCc1nonc1-c1noc(=O)n1Cc1cc(Br)co1.[HH]. The summed E-state index contributed by atoms with van der Waals surface area (Å²) >= 11 is 3.28. The van der Waals surface area contributed by atoms with Crippen LogP contribution in [0.15, 0.2) is 35.2 Å². The third-order valence-electron chi connectivity index (χ3n) is 3.01. The molecule has 0 saturated carbocycles. The first kappa shape index (κ1) is 14.7. The van der Waals surface area contributed by atoms with Gasteiger partial charge in [0.05, 0.1) is 11.0 Å². The number of aryl methyl sites for hydroxylation is 1. The predicted molar refractivity (Wildman–Crippen MR) is 79.1 cm³/mol. The Kier molecular flexibility index (Phi) is 4.20. The summed E-state index contributed by atoms with van der Waals surface area (Å²) in [6.45, 7) is 0.671. The number of nitrogens with zero attached hydrogens (tertiary/aromatic N) is 4. The molecule has 0 aromatic carbocycles. The number of hydrogen-bond acceptors (Lipinski definition) is 8. The maximum absolute atomic E-state index is 11.9. The van der Waals surface area contributed by atoms with E-state index in [-0.39, 0.29) is 13.8 Å². The van der Waals surface area contributed by atoms with Gasteiger partial charge in [0.2, 0.25) is 5.82 Å². The average Bonchev–Trinajstić information content (AvgIpc) is 3.20. The number of hydrogen-bond donors (Lipinski definition) is 1. The van der Waals surface area contributed by atoms with E-state index in [9.17, 15) is 4.79 Å². The van der Waals surface area contributed by atoms with Crippen LogP contribution in [-0.2, 0) is 13.0 Å². The van der Waals surface area contributed by atoms with E-state index in [1.54, 1.807) is 6.07 Å². The van der Waals surface area contributed by atoms with Gasteiger partial charge in [-0.05, 0) is 46.5 Å². The Labute approximate surface area is 133 Å². The zero-order chi connectivity index (χ0) is 15.5. The molecule has 0 bridgehead atoms. The maximum Gasteiger partial charge on any atom is 0.442 e. The van der Waals surface area contributed by atoms with E-state index in [1.165, 1.54) is 10.8 Å². The summed E-state index contributed by atoms with van der Waals surface area (Å²) in [5.74, 6) is 0.194. The van der Waals surface area contributed by atoms with Crippen molar-refractivity contribution in [2.75, 3.05) is 6.54 Å². The van der Waals surface area contributed by atoms with Crippen LogP contribution in [0.1, 0.15) is 19.3 Å². The first-order valence-corrected chi connectivity index (χ1v) is 7.29. The van der Waals surface area contributed by atoms with E-state index >= 15 is 0 Å². The third-order valence-corrected chi connectivity index (χ3v) is 3.42. The smallest absolute Gasteiger partial charge is 0.442 e. The number of nitrogens with two attached hydrogens (primary N) is 1. The zero-order valence-electron chi connectivity index (χ0n) is 11.4. The van der Waals surface area contributed by atoms with Crippen molar-refractivity contribution < 1.29 is 15.0 Å². The Hall–Kier alpha value is -2.20. The molecule has 0 fully saturated rings. The van der Waals surface area contributed by atoms with E-state index in [4.69, 9.17) is 19.3 Å². The highest BCUT2D eigenvalue weighted by Crippen LogP contribution is 2.20. The molecule has 2 N–H and O–H groups in total. The van der Waals surface area contributed by atoms with Gasteiger partial charge in [-0.3, -0.25) is 4.52 Å². The molecule has 0 spiro atoms. The van der Waals surface area contributed by atoms with E-state index < -0.39 is 5.76 Å². The number of aromatic nitrogens is 4. The molecule has 9 nitrogen and oxygen atoms in total. The zero-order valence-corrected chi connectivity index (χ0v) is 12.9. The van der Waals surface area contributed by atoms with E-state index in [0.717, 1.165) is 4.47 Å². The molecule has 10 heteroatoms. The van der Waals surface area contributed by atoms with Gasteiger partial charge in [0.25, 0.3) is 0 Å². The standard InChI is InChI=1S/C12H12BrN5O4.H2/c13-7-4-8(20-6-7)5-18-11(17-21-12(18)19)10-9(2-1-3-14)15-22-16-10;/h4,6H,1-3,5,14H2;1H. The average molecular weight is 372 g/mol. The molecule has 3 aromatic rings. The van der Waals surface area contributed by atoms with Gasteiger partial charge in [0.15, 0.2) is 5.69 Å². The molecule has 3 heterocycles. The van der Waals surface area contributed by atoms with Gasteiger partial charge in [0.1, 0.15) is 17.7 Å². The summed E-state index contributed by atoms with van der Waals surface area (Å²) in [5.41, 5.74) is 6.43. The maximum atomic E-state index is 11.9. The molecule has 0 radical (unpaired) electrons. The van der Waals surface area contributed by atoms with Crippen molar-refractivity contribution in [3.63, 3.8) is 0 Å². The van der Waals surface area contributed by atoms with Crippen LogP contribution in [0.4, 0.5) is 0 Å². The molecule has 3 aromatic heterocycles. The van der Waals surface area contributed by atoms with Crippen molar-refractivity contribution in [2.24, 2.45) is 5.73 Å². The second-order valence-corrected chi connectivity index (χ2v) is 5.46. The van der Waals surface area contributed by atoms with Crippen molar-refractivity contribution in [1.82, 2.24) is 20.0 Å². The minimum absolute atomic E-state index is 0. The van der Waals surface area contributed by atoms with Gasteiger partial charge in [-0.2, -0.15) is 0 Å². The van der Waals surface area contributed by atoms with Crippen LogP contribution < -0.4 is 11.5 Å². The van der Waals surface area contributed by atoms with Gasteiger partial charge >= 0.3 is 5.76 Å². The summed E-state index contributed by atoms with van der Waals surface area (Å²) in [4.78, 5) is 11.9. The first-order valence-electron chi connectivity index (χ1n) is 6.50. The molecular formula is C12H14BrN5O4. The van der Waals surface area contributed by atoms with Crippen molar-refractivity contribution in [3.05, 3.63) is 38.8 Å². The molecule has 118 valence electrons. The number of halogens is 1. The summed E-state index contributed by atoms with van der Waals surface area (Å²) in [5, 5.41) is 11.4. The second kappa shape index (κ2) is 6.28. The Morgan fingerprint density at radius 1 is 1.36 bits per heavy atom. The fourth-order valence-electron chi connectivity index (χ4n) is 1.98. The highest BCUT2D eigenvalue weighted by Gasteiger charge is 2.21. The molecule has 0 aliphatic rings. The predicted octanol–water partition coefficient (Wildman–Crippen LogP) is 1.43. The molecule has 0 aliphatic carbocycles. The van der Waals surface area contributed by atoms with E-state index in [2.05, 4.69) is 31.4 Å². The molecular weight excluding hydrogens is 358 g/mol. The Morgan fingerprint density at radius 3 is 2.95 bits per heavy atom. The normalized spacial score (nSPS) is 11.2. The fraction of sp³-hybridized carbons (Fsp3) is 0.333. The third kappa shape index (κ3) is 2.88. The van der Waals surface area contributed by atoms with Gasteiger partial charge in [-0.1, -0.05) is 10.3 Å². The highest BCUT2D eigenvalue weighted by molar-refractivity contribution is 9.10. The van der Waals surface area contributed by atoms with E-state index in [1.807, 2.05) is 0 Å². The van der Waals surface area contributed by atoms with Gasteiger partial charge in [-0.25, -0.2) is 14.0 Å². The molecule has 22 heavy (non-hydrogen) atoms. The van der Waals surface area contributed by atoms with Crippen LogP contribution >= 0.6 is 15.9 Å². The Morgan fingerprint density at radius 2 is 2.23 bits per heavy atom. The lowest BCUT2D eigenvalue weighted by Crippen LogP contribution is -2.16. The van der Waals surface area contributed by atoms with Crippen LogP contribution in [-0.4, -0.2) is 26.6 Å². The quantitative estimate of drug-likeness (QED) is 0.689. The molecule has 0 aliphatic heterocycles. The largest absolute Gasteiger partial charge is 0.466 e. The van der Waals surface area contributed by atoms with Gasteiger partial charge in [0, 0.05) is 1.43 Å². The van der Waals surface area contributed by atoms with Crippen molar-refractivity contribution in [2.45, 2.75) is 19.4 Å². The number of furan rings is 1. The Bertz CT molecular complexity index is 823. The summed E-state index contributed by atoms with van der Waals surface area (Å²) in [7, 11) is 0. The van der Waals surface area contributed by atoms with Crippen molar-refractivity contribution in [1.29, 1.82) is 0 Å². The minimum Gasteiger partial charge on any atom is -0.466 e. The van der Waals surface area contributed by atoms with Crippen LogP contribution in [0, 0.1) is 0 Å². The lowest BCUT2D eigenvalue weighted by atomic mass is 10.2. The van der Waals surface area contributed by atoms with Crippen LogP contribution in [0.5, 0.6) is 0 Å². The second-order valence-electron chi connectivity index (χ2n) is 4.54. The van der Waals surface area contributed by atoms with E-state index in [0.29, 0.717) is 36.5 Å². The molecule has 3 rings (SSSR count). The number of rotatable bonds is 6. The fourth-order valence-corrected chi connectivity index (χ4v) is 2.33. The van der Waals surface area contributed by atoms with Crippen LogP contribution in [0.25, 0.3) is 11.5 Å². The molecule has 0 amide bonds. The summed E-state index contributed by atoms with van der Waals surface area (Å²) in [6.07, 6.45) is 2.81. The van der Waals surface area contributed by atoms with Crippen LogP contribution in [0.2, 0.25) is 0 Å². The van der Waals surface area contributed by atoms with Crippen LogP contribution in [0.3, 0.4) is 0 Å².